The van der Waals surface area contributed by atoms with Crippen molar-refractivity contribution in [3.8, 4) is 0 Å². The quantitative estimate of drug-likeness (QED) is 0.350. The lowest BCUT2D eigenvalue weighted by Gasteiger charge is -2.47. The van der Waals surface area contributed by atoms with E-state index in [1.165, 1.54) is 0 Å². The standard InChI is InChI=1S/C27H34Cl4N4O3/c1-16-14-35(27(38)25(33)13-18-6-8-21(29)23(31)11-18)19(4-2-3-9-36)15-34(16)26(37)24(32)12-17-5-7-20(28)22(30)10-17/h5-8,10-11,16,19,24-25,36H,2-4,9,12-15,32-33H2,1H3/t16-,19+,24-,25-/m1/s1. The summed E-state index contributed by atoms with van der Waals surface area (Å²) in [6, 6.07) is 8.34. The van der Waals surface area contributed by atoms with Crippen molar-refractivity contribution in [3.63, 3.8) is 0 Å². The summed E-state index contributed by atoms with van der Waals surface area (Å²) in [7, 11) is 0. The minimum Gasteiger partial charge on any atom is -0.396 e. The molecule has 2 amide bonds. The monoisotopic (exact) mass is 602 g/mol. The summed E-state index contributed by atoms with van der Waals surface area (Å²) in [6.45, 7) is 2.64. The van der Waals surface area contributed by atoms with E-state index in [0.29, 0.717) is 65.3 Å². The summed E-state index contributed by atoms with van der Waals surface area (Å²) >= 11 is 24.3. The van der Waals surface area contributed by atoms with Crippen LogP contribution in [0.15, 0.2) is 36.4 Å². The molecule has 1 aliphatic heterocycles. The van der Waals surface area contributed by atoms with Gasteiger partial charge in [0.25, 0.3) is 0 Å². The number of halogens is 4. The van der Waals surface area contributed by atoms with Crippen LogP contribution >= 0.6 is 46.4 Å². The van der Waals surface area contributed by atoms with Gasteiger partial charge >= 0.3 is 0 Å². The molecular weight excluding hydrogens is 570 g/mol. The van der Waals surface area contributed by atoms with Crippen molar-refractivity contribution >= 4 is 58.2 Å². The highest BCUT2D eigenvalue weighted by Crippen LogP contribution is 2.26. The van der Waals surface area contributed by atoms with Crippen LogP contribution < -0.4 is 11.5 Å². The van der Waals surface area contributed by atoms with Gasteiger partial charge in [-0.2, -0.15) is 0 Å². The van der Waals surface area contributed by atoms with E-state index in [1.807, 2.05) is 6.92 Å². The summed E-state index contributed by atoms with van der Waals surface area (Å²) in [5.41, 5.74) is 14.3. The molecule has 2 aromatic carbocycles. The molecule has 0 aliphatic carbocycles. The third-order valence-corrected chi connectivity index (χ3v) is 8.34. The Bertz CT molecular complexity index is 1140. The Kier molecular flexibility index (Phi) is 11.5. The van der Waals surface area contributed by atoms with Gasteiger partial charge < -0.3 is 26.4 Å². The van der Waals surface area contributed by atoms with Crippen molar-refractivity contribution in [2.75, 3.05) is 19.7 Å². The predicted molar refractivity (Wildman–Crippen MR) is 154 cm³/mol. The number of carbonyl (C=O) groups is 2. The first-order valence-electron chi connectivity index (χ1n) is 12.6. The molecule has 4 atom stereocenters. The lowest BCUT2D eigenvalue weighted by atomic mass is 9.97. The molecule has 5 N–H and O–H groups in total. The molecular formula is C27H34Cl4N4O3. The number of hydrogen-bond donors (Lipinski definition) is 3. The fourth-order valence-corrected chi connectivity index (χ4v) is 5.44. The van der Waals surface area contributed by atoms with Gasteiger partial charge in [-0.05, 0) is 74.4 Å². The zero-order valence-corrected chi connectivity index (χ0v) is 24.3. The molecule has 1 heterocycles. The van der Waals surface area contributed by atoms with E-state index in [9.17, 15) is 14.7 Å². The number of aliphatic hydroxyl groups is 1. The molecule has 1 aliphatic rings. The third kappa shape index (κ3) is 7.98. The lowest BCUT2D eigenvalue weighted by Crippen LogP contribution is -2.64. The summed E-state index contributed by atoms with van der Waals surface area (Å²) in [6.07, 6.45) is 2.56. The van der Waals surface area contributed by atoms with Gasteiger partial charge in [-0.15, -0.1) is 0 Å². The average molecular weight is 604 g/mol. The zero-order valence-electron chi connectivity index (χ0n) is 21.3. The van der Waals surface area contributed by atoms with Crippen LogP contribution in [0.2, 0.25) is 20.1 Å². The maximum atomic E-state index is 13.5. The predicted octanol–water partition coefficient (Wildman–Crippen LogP) is 4.33. The van der Waals surface area contributed by atoms with E-state index in [4.69, 9.17) is 57.9 Å². The van der Waals surface area contributed by atoms with Crippen LogP contribution in [0.5, 0.6) is 0 Å². The SMILES string of the molecule is C[C@@H]1CN(C(=O)[C@H](N)Cc2ccc(Cl)c(Cl)c2)[C@@H](CCCCO)CN1C(=O)[C@H](N)Cc1ccc(Cl)c(Cl)c1. The molecule has 0 spiro atoms. The number of carbonyl (C=O) groups excluding carboxylic acids is 2. The first-order chi connectivity index (χ1) is 18.0. The molecule has 0 radical (unpaired) electrons. The lowest BCUT2D eigenvalue weighted by molar-refractivity contribution is -0.148. The van der Waals surface area contributed by atoms with E-state index < -0.39 is 12.1 Å². The molecule has 11 heteroatoms. The van der Waals surface area contributed by atoms with Gasteiger partial charge in [0.1, 0.15) is 0 Å². The second-order valence-electron chi connectivity index (χ2n) is 9.82. The highest BCUT2D eigenvalue weighted by molar-refractivity contribution is 6.42. The van der Waals surface area contributed by atoms with Crippen molar-refractivity contribution < 1.29 is 14.7 Å². The van der Waals surface area contributed by atoms with E-state index in [0.717, 1.165) is 11.1 Å². The Labute approximate surface area is 243 Å². The number of piperazine rings is 1. The molecule has 0 aromatic heterocycles. The largest absolute Gasteiger partial charge is 0.396 e. The van der Waals surface area contributed by atoms with Gasteiger partial charge in [0.2, 0.25) is 11.8 Å². The smallest absolute Gasteiger partial charge is 0.240 e. The molecule has 208 valence electrons. The van der Waals surface area contributed by atoms with Crippen LogP contribution in [0.3, 0.4) is 0 Å². The normalized spacial score (nSPS) is 19.4. The van der Waals surface area contributed by atoms with Gasteiger partial charge in [0.05, 0.1) is 32.2 Å². The van der Waals surface area contributed by atoms with E-state index in [2.05, 4.69) is 0 Å². The van der Waals surface area contributed by atoms with Crippen molar-refractivity contribution in [2.24, 2.45) is 11.5 Å². The van der Waals surface area contributed by atoms with Crippen LogP contribution in [0, 0.1) is 0 Å². The zero-order chi connectivity index (χ0) is 28.0. The van der Waals surface area contributed by atoms with Crippen LogP contribution in [-0.4, -0.2) is 70.6 Å². The van der Waals surface area contributed by atoms with E-state index in [1.54, 1.807) is 46.2 Å². The number of amides is 2. The number of nitrogens with zero attached hydrogens (tertiary/aromatic N) is 2. The first kappa shape index (κ1) is 31.0. The van der Waals surface area contributed by atoms with Gasteiger partial charge in [-0.3, -0.25) is 9.59 Å². The van der Waals surface area contributed by atoms with E-state index in [-0.39, 0.29) is 30.5 Å². The number of unbranched alkanes of at least 4 members (excludes halogenated alkanes) is 1. The number of hydrogen-bond acceptors (Lipinski definition) is 5. The fourth-order valence-electron chi connectivity index (χ4n) is 4.80. The van der Waals surface area contributed by atoms with Crippen molar-refractivity contribution in [3.05, 3.63) is 67.6 Å². The van der Waals surface area contributed by atoms with Crippen LogP contribution in [0.4, 0.5) is 0 Å². The van der Waals surface area contributed by atoms with Crippen molar-refractivity contribution in [1.82, 2.24) is 9.80 Å². The molecule has 7 nitrogen and oxygen atoms in total. The van der Waals surface area contributed by atoms with Gasteiger partial charge in [0, 0.05) is 31.8 Å². The topological polar surface area (TPSA) is 113 Å². The van der Waals surface area contributed by atoms with Gasteiger partial charge in [0.15, 0.2) is 0 Å². The van der Waals surface area contributed by atoms with E-state index >= 15 is 0 Å². The maximum absolute atomic E-state index is 13.5. The highest BCUT2D eigenvalue weighted by atomic mass is 35.5. The van der Waals surface area contributed by atoms with Crippen LogP contribution in [0.1, 0.15) is 37.3 Å². The fraction of sp³-hybridized carbons (Fsp3) is 0.481. The first-order valence-corrected chi connectivity index (χ1v) is 14.1. The van der Waals surface area contributed by atoms with Crippen LogP contribution in [-0.2, 0) is 22.4 Å². The Morgan fingerprint density at radius 3 is 1.82 bits per heavy atom. The Balaban J connectivity index is 1.72. The van der Waals surface area contributed by atoms with Gasteiger partial charge in [-0.1, -0.05) is 58.5 Å². The second kappa shape index (κ2) is 14.2. The summed E-state index contributed by atoms with van der Waals surface area (Å²) in [4.78, 5) is 30.4. The van der Waals surface area contributed by atoms with Crippen molar-refractivity contribution in [1.29, 1.82) is 0 Å². The highest BCUT2D eigenvalue weighted by Gasteiger charge is 2.39. The molecule has 3 rings (SSSR count). The van der Waals surface area contributed by atoms with Crippen molar-refractivity contribution in [2.45, 2.75) is 63.2 Å². The molecule has 0 saturated carbocycles. The summed E-state index contributed by atoms with van der Waals surface area (Å²) in [5, 5.41) is 11.0. The Morgan fingerprint density at radius 2 is 1.34 bits per heavy atom. The maximum Gasteiger partial charge on any atom is 0.240 e. The van der Waals surface area contributed by atoms with Crippen LogP contribution in [0.25, 0.3) is 0 Å². The number of benzene rings is 2. The minimum absolute atomic E-state index is 0.0606. The minimum atomic E-state index is -0.779. The molecule has 38 heavy (non-hydrogen) atoms. The summed E-state index contributed by atoms with van der Waals surface area (Å²) in [5.74, 6) is -0.382. The second-order valence-corrected chi connectivity index (χ2v) is 11.5. The molecule has 0 bridgehead atoms. The Morgan fingerprint density at radius 1 is 0.842 bits per heavy atom. The molecule has 1 saturated heterocycles. The molecule has 0 unspecified atom stereocenters. The Hall–Kier alpha value is -1.58. The van der Waals surface area contributed by atoms with Gasteiger partial charge in [-0.25, -0.2) is 0 Å². The average Bonchev–Trinajstić information content (AvgIpc) is 2.88. The number of rotatable bonds is 10. The third-order valence-electron chi connectivity index (χ3n) is 6.87. The summed E-state index contributed by atoms with van der Waals surface area (Å²) < 4.78 is 0. The number of nitrogens with two attached hydrogens (primary N) is 2. The number of aliphatic hydroxyl groups excluding tert-OH is 1. The molecule has 2 aromatic rings. The molecule has 1 fully saturated rings.